The zero-order valence-corrected chi connectivity index (χ0v) is 12.5. The van der Waals surface area contributed by atoms with Gasteiger partial charge in [-0.25, -0.2) is 4.79 Å². The van der Waals surface area contributed by atoms with Crippen LogP contribution in [0.25, 0.3) is 0 Å². The average molecular weight is 347 g/mol. The van der Waals surface area contributed by atoms with Crippen molar-refractivity contribution in [3.8, 4) is 0 Å². The molecule has 1 aromatic rings. The van der Waals surface area contributed by atoms with E-state index in [1.807, 2.05) is 12.1 Å². The van der Waals surface area contributed by atoms with Crippen LogP contribution in [0.5, 0.6) is 0 Å². The smallest absolute Gasteiger partial charge is 0.475 e. The van der Waals surface area contributed by atoms with Crippen LogP contribution in [0, 0.1) is 10.1 Å². The van der Waals surface area contributed by atoms with E-state index in [1.165, 1.54) is 5.56 Å². The standard InChI is InChI=1S/C12H15N3O2.C2HF3O2/c16-15(17)10-3-1-9(2-4-10)11-7-12(11)8-13-5-6-14-12;3-2(4,5)1(6)7/h1-4,11,13-14H,5-8H2;(H,6,7). The predicted octanol–water partition coefficient (Wildman–Crippen LogP) is 1.65. The molecule has 2 aliphatic rings. The van der Waals surface area contributed by atoms with Gasteiger partial charge in [0.25, 0.3) is 5.69 Å². The van der Waals surface area contributed by atoms with Crippen molar-refractivity contribution in [2.24, 2.45) is 0 Å². The summed E-state index contributed by atoms with van der Waals surface area (Å²) in [4.78, 5) is 19.1. The molecular formula is C14H16F3N3O4. The van der Waals surface area contributed by atoms with Crippen molar-refractivity contribution in [2.45, 2.75) is 24.1 Å². The van der Waals surface area contributed by atoms with E-state index in [0.29, 0.717) is 5.92 Å². The summed E-state index contributed by atoms with van der Waals surface area (Å²) in [6.45, 7) is 3.02. The lowest BCUT2D eigenvalue weighted by Crippen LogP contribution is -2.51. The van der Waals surface area contributed by atoms with E-state index in [-0.39, 0.29) is 16.1 Å². The molecule has 3 N–H and O–H groups in total. The number of aliphatic carboxylic acids is 1. The lowest BCUT2D eigenvalue weighted by atomic mass is 10.0. The second-order valence-corrected chi connectivity index (χ2v) is 5.67. The van der Waals surface area contributed by atoms with Crippen molar-refractivity contribution >= 4 is 11.7 Å². The first-order valence-corrected chi connectivity index (χ1v) is 7.16. The molecule has 0 amide bonds. The van der Waals surface area contributed by atoms with Gasteiger partial charge in [0.05, 0.1) is 4.92 Å². The van der Waals surface area contributed by atoms with Gasteiger partial charge in [0.2, 0.25) is 0 Å². The van der Waals surface area contributed by atoms with Crippen LogP contribution in [0.15, 0.2) is 24.3 Å². The van der Waals surface area contributed by atoms with E-state index in [1.54, 1.807) is 12.1 Å². The summed E-state index contributed by atoms with van der Waals surface area (Å²) in [6, 6.07) is 6.96. The van der Waals surface area contributed by atoms with Gasteiger partial charge in [-0.15, -0.1) is 0 Å². The first-order chi connectivity index (χ1) is 11.2. The highest BCUT2D eigenvalue weighted by Gasteiger charge is 2.54. The van der Waals surface area contributed by atoms with Gasteiger partial charge in [-0.1, -0.05) is 12.1 Å². The number of benzene rings is 1. The normalized spacial score (nSPS) is 25.5. The van der Waals surface area contributed by atoms with Crippen LogP contribution in [0.3, 0.4) is 0 Å². The van der Waals surface area contributed by atoms with Crippen LogP contribution in [0.2, 0.25) is 0 Å². The highest BCUT2D eigenvalue weighted by atomic mass is 19.4. The van der Waals surface area contributed by atoms with Gasteiger partial charge in [-0.05, 0) is 12.0 Å². The highest BCUT2D eigenvalue weighted by Crippen LogP contribution is 2.51. The fourth-order valence-electron chi connectivity index (χ4n) is 2.74. The van der Waals surface area contributed by atoms with Crippen LogP contribution in [0.4, 0.5) is 18.9 Å². The summed E-state index contributed by atoms with van der Waals surface area (Å²) in [5.74, 6) is -2.26. The molecule has 1 spiro atoms. The van der Waals surface area contributed by atoms with Crippen LogP contribution in [-0.4, -0.2) is 47.3 Å². The lowest BCUT2D eigenvalue weighted by Gasteiger charge is -2.25. The Balaban J connectivity index is 0.000000256. The van der Waals surface area contributed by atoms with Gasteiger partial charge < -0.3 is 15.7 Å². The Bertz CT molecular complexity index is 613. The second-order valence-electron chi connectivity index (χ2n) is 5.67. The Morgan fingerprint density at radius 1 is 1.29 bits per heavy atom. The molecule has 2 fully saturated rings. The van der Waals surface area contributed by atoms with E-state index in [9.17, 15) is 23.3 Å². The minimum absolute atomic E-state index is 0.165. The summed E-state index contributed by atoms with van der Waals surface area (Å²) in [5, 5.41) is 24.7. The van der Waals surface area contributed by atoms with Crippen LogP contribution in [0.1, 0.15) is 17.9 Å². The van der Waals surface area contributed by atoms with Crippen molar-refractivity contribution in [3.63, 3.8) is 0 Å². The fourth-order valence-corrected chi connectivity index (χ4v) is 2.74. The van der Waals surface area contributed by atoms with Crippen molar-refractivity contribution < 1.29 is 28.0 Å². The number of nitrogens with one attached hydrogen (secondary N) is 2. The maximum Gasteiger partial charge on any atom is 0.490 e. The Labute approximate surface area is 135 Å². The van der Waals surface area contributed by atoms with Crippen LogP contribution < -0.4 is 10.6 Å². The molecule has 1 aromatic carbocycles. The summed E-state index contributed by atoms with van der Waals surface area (Å²) in [5.41, 5.74) is 1.57. The Kier molecular flexibility index (Phi) is 5.09. The number of halogens is 3. The molecule has 1 saturated heterocycles. The maximum atomic E-state index is 10.6. The molecule has 2 unspecified atom stereocenters. The minimum atomic E-state index is -5.08. The zero-order chi connectivity index (χ0) is 18.0. The number of carbonyl (C=O) groups is 1. The minimum Gasteiger partial charge on any atom is -0.475 e. The quantitative estimate of drug-likeness (QED) is 0.555. The highest BCUT2D eigenvalue weighted by molar-refractivity contribution is 5.73. The predicted molar refractivity (Wildman–Crippen MR) is 77.7 cm³/mol. The Hall–Kier alpha value is -2.20. The van der Waals surface area contributed by atoms with Crippen molar-refractivity contribution in [2.75, 3.05) is 19.6 Å². The topological polar surface area (TPSA) is 104 Å². The molecule has 7 nitrogen and oxygen atoms in total. The molecule has 10 heteroatoms. The number of hydrogen-bond acceptors (Lipinski definition) is 5. The van der Waals surface area contributed by atoms with Crippen molar-refractivity contribution in [1.29, 1.82) is 0 Å². The van der Waals surface area contributed by atoms with Gasteiger partial charge in [0.1, 0.15) is 0 Å². The maximum absolute atomic E-state index is 10.6. The molecular weight excluding hydrogens is 331 g/mol. The number of nitrogens with zero attached hydrogens (tertiary/aromatic N) is 1. The van der Waals surface area contributed by atoms with E-state index >= 15 is 0 Å². The van der Waals surface area contributed by atoms with Gasteiger partial charge in [-0.3, -0.25) is 10.1 Å². The monoisotopic (exact) mass is 347 g/mol. The molecule has 132 valence electrons. The molecule has 0 bridgehead atoms. The fraction of sp³-hybridized carbons (Fsp3) is 0.500. The molecule has 24 heavy (non-hydrogen) atoms. The van der Waals surface area contributed by atoms with E-state index in [4.69, 9.17) is 9.90 Å². The lowest BCUT2D eigenvalue weighted by molar-refractivity contribution is -0.384. The van der Waals surface area contributed by atoms with E-state index in [2.05, 4.69) is 10.6 Å². The van der Waals surface area contributed by atoms with E-state index in [0.717, 1.165) is 26.1 Å². The molecule has 3 rings (SSSR count). The van der Waals surface area contributed by atoms with E-state index < -0.39 is 12.1 Å². The first-order valence-electron chi connectivity index (χ1n) is 7.16. The van der Waals surface area contributed by atoms with Gasteiger partial charge in [0.15, 0.2) is 0 Å². The number of rotatable bonds is 2. The number of nitro benzene ring substituents is 1. The summed E-state index contributed by atoms with van der Waals surface area (Å²) in [7, 11) is 0. The molecule has 1 heterocycles. The molecule has 2 atom stereocenters. The summed E-state index contributed by atoms with van der Waals surface area (Å²) < 4.78 is 31.7. The largest absolute Gasteiger partial charge is 0.490 e. The number of non-ortho nitro benzene ring substituents is 1. The molecule has 1 saturated carbocycles. The summed E-state index contributed by atoms with van der Waals surface area (Å²) >= 11 is 0. The SMILES string of the molecule is O=C(O)C(F)(F)F.O=[N+]([O-])c1ccc(C2CC23CNCCN3)cc1. The molecule has 1 aliphatic heterocycles. The number of alkyl halides is 3. The number of hydrogen-bond donors (Lipinski definition) is 3. The van der Waals surface area contributed by atoms with Gasteiger partial charge in [0, 0.05) is 43.2 Å². The zero-order valence-electron chi connectivity index (χ0n) is 12.5. The van der Waals surface area contributed by atoms with Crippen LogP contribution in [-0.2, 0) is 4.79 Å². The van der Waals surface area contributed by atoms with Crippen LogP contribution >= 0.6 is 0 Å². The van der Waals surface area contributed by atoms with Crippen molar-refractivity contribution in [3.05, 3.63) is 39.9 Å². The number of carboxylic acids is 1. The van der Waals surface area contributed by atoms with Gasteiger partial charge >= 0.3 is 12.1 Å². The third-order valence-corrected chi connectivity index (χ3v) is 4.04. The third-order valence-electron chi connectivity index (χ3n) is 4.04. The number of carboxylic acid groups (broad SMARTS) is 1. The average Bonchev–Trinajstić information content (AvgIpc) is 3.21. The van der Waals surface area contributed by atoms with Gasteiger partial charge in [-0.2, -0.15) is 13.2 Å². The molecule has 1 aliphatic carbocycles. The molecule has 0 radical (unpaired) electrons. The Morgan fingerprint density at radius 2 is 1.88 bits per heavy atom. The van der Waals surface area contributed by atoms with Crippen molar-refractivity contribution in [1.82, 2.24) is 10.6 Å². The number of piperazine rings is 1. The summed E-state index contributed by atoms with van der Waals surface area (Å²) in [6.07, 6.45) is -3.96. The molecule has 0 aromatic heterocycles. The second kappa shape index (κ2) is 6.73. The first kappa shape index (κ1) is 18.1. The third kappa shape index (κ3) is 4.20. The Morgan fingerprint density at radius 3 is 2.29 bits per heavy atom. The number of nitro groups is 1.